The molecule has 0 aromatic heterocycles. The number of amides is 1. The van der Waals surface area contributed by atoms with Crippen LogP contribution in [-0.4, -0.2) is 26.6 Å². The number of carbonyl (C=O) groups is 1. The molecule has 4 nitrogen and oxygen atoms in total. The summed E-state index contributed by atoms with van der Waals surface area (Å²) in [6.07, 6.45) is 0. The van der Waals surface area contributed by atoms with E-state index in [4.69, 9.17) is 4.74 Å². The summed E-state index contributed by atoms with van der Waals surface area (Å²) in [5, 5.41) is 6.01. The first-order chi connectivity index (χ1) is 10.7. The minimum Gasteiger partial charge on any atom is -0.497 e. The summed E-state index contributed by atoms with van der Waals surface area (Å²) >= 11 is 1.56. The first-order valence-corrected chi connectivity index (χ1v) is 7.92. The second kappa shape index (κ2) is 7.75. The topological polar surface area (TPSA) is 50.4 Å². The Kier molecular flexibility index (Phi) is 5.72. The van der Waals surface area contributed by atoms with Crippen LogP contribution in [0.1, 0.15) is 17.3 Å². The Morgan fingerprint density at radius 2 is 1.95 bits per heavy atom. The number of rotatable bonds is 6. The van der Waals surface area contributed by atoms with E-state index in [1.54, 1.807) is 32.0 Å². The molecule has 5 heteroatoms. The molecule has 0 fully saturated rings. The van der Waals surface area contributed by atoms with E-state index in [1.165, 1.54) is 0 Å². The van der Waals surface area contributed by atoms with E-state index in [9.17, 15) is 4.79 Å². The molecular weight excluding hydrogens is 296 g/mol. The lowest BCUT2D eigenvalue weighted by Gasteiger charge is -2.13. The van der Waals surface area contributed by atoms with Gasteiger partial charge in [-0.3, -0.25) is 4.79 Å². The molecule has 116 valence electrons. The fourth-order valence-electron chi connectivity index (χ4n) is 2.05. The van der Waals surface area contributed by atoms with E-state index in [1.807, 2.05) is 36.4 Å². The van der Waals surface area contributed by atoms with E-state index >= 15 is 0 Å². The largest absolute Gasteiger partial charge is 0.497 e. The van der Waals surface area contributed by atoms with Gasteiger partial charge in [0.2, 0.25) is 0 Å². The summed E-state index contributed by atoms with van der Waals surface area (Å²) in [7, 11) is 3.22. The molecule has 0 unspecified atom stereocenters. The van der Waals surface area contributed by atoms with E-state index < -0.39 is 0 Å². The monoisotopic (exact) mass is 316 g/mol. The second-order valence-electron chi connectivity index (χ2n) is 4.57. The highest BCUT2D eigenvalue weighted by Gasteiger charge is 2.14. The van der Waals surface area contributed by atoms with Gasteiger partial charge in [0.1, 0.15) is 5.75 Å². The molecule has 0 radical (unpaired) electrons. The van der Waals surface area contributed by atoms with Gasteiger partial charge in [0.05, 0.1) is 12.7 Å². The van der Waals surface area contributed by atoms with Crippen molar-refractivity contribution in [3.8, 4) is 5.75 Å². The highest BCUT2D eigenvalue weighted by Crippen LogP contribution is 2.36. The van der Waals surface area contributed by atoms with Crippen LogP contribution in [0, 0.1) is 0 Å². The summed E-state index contributed by atoms with van der Waals surface area (Å²) in [5.74, 6) is 0.547. The zero-order valence-electron chi connectivity index (χ0n) is 13.0. The third-order valence-electron chi connectivity index (χ3n) is 3.13. The molecule has 0 aliphatic carbocycles. The molecule has 0 saturated carbocycles. The van der Waals surface area contributed by atoms with Gasteiger partial charge < -0.3 is 15.4 Å². The lowest BCUT2D eigenvalue weighted by Crippen LogP contribution is -2.18. The molecule has 0 atom stereocenters. The maximum atomic E-state index is 12.1. The first kappa shape index (κ1) is 16.2. The first-order valence-electron chi connectivity index (χ1n) is 7.10. The van der Waals surface area contributed by atoms with Gasteiger partial charge in [-0.15, -0.1) is 0 Å². The van der Waals surface area contributed by atoms with Gasteiger partial charge in [-0.05, 0) is 37.3 Å². The average Bonchev–Trinajstić information content (AvgIpc) is 2.56. The van der Waals surface area contributed by atoms with Crippen molar-refractivity contribution in [3.63, 3.8) is 0 Å². The lowest BCUT2D eigenvalue weighted by atomic mass is 10.2. The Labute approximate surface area is 135 Å². The molecule has 0 saturated heterocycles. The van der Waals surface area contributed by atoms with Crippen LogP contribution in [0.3, 0.4) is 0 Å². The van der Waals surface area contributed by atoms with Crippen LogP contribution in [-0.2, 0) is 0 Å². The summed E-state index contributed by atoms with van der Waals surface area (Å²) in [6, 6.07) is 13.6. The standard InChI is InChI=1S/C17H20N2O2S/c1-4-19-14-7-5-6-8-16(14)22-15-10-9-12(21-3)11-13(15)17(20)18-2/h5-11,19H,4H2,1-3H3,(H,18,20). The van der Waals surface area contributed by atoms with E-state index in [0.29, 0.717) is 11.3 Å². The van der Waals surface area contributed by atoms with Crippen molar-refractivity contribution in [3.05, 3.63) is 48.0 Å². The predicted molar refractivity (Wildman–Crippen MR) is 91.1 cm³/mol. The Hall–Kier alpha value is -2.14. The van der Waals surface area contributed by atoms with Crippen LogP contribution >= 0.6 is 11.8 Å². The molecule has 2 rings (SSSR count). The fourth-order valence-corrected chi connectivity index (χ4v) is 3.08. The molecule has 0 bridgehead atoms. The molecular formula is C17H20N2O2S. The molecule has 1 amide bonds. The number of methoxy groups -OCH3 is 1. The van der Waals surface area contributed by atoms with Gasteiger partial charge in [-0.1, -0.05) is 23.9 Å². The molecule has 0 aliphatic heterocycles. The van der Waals surface area contributed by atoms with Crippen molar-refractivity contribution < 1.29 is 9.53 Å². The summed E-state index contributed by atoms with van der Waals surface area (Å²) in [4.78, 5) is 14.1. The molecule has 0 spiro atoms. The van der Waals surface area contributed by atoms with Gasteiger partial charge in [-0.25, -0.2) is 0 Å². The second-order valence-corrected chi connectivity index (χ2v) is 5.65. The van der Waals surface area contributed by atoms with E-state index in [-0.39, 0.29) is 5.91 Å². The van der Waals surface area contributed by atoms with Crippen LogP contribution in [0.4, 0.5) is 5.69 Å². The highest BCUT2D eigenvalue weighted by atomic mass is 32.2. The molecule has 2 aromatic carbocycles. The number of hydrogen-bond donors (Lipinski definition) is 2. The van der Waals surface area contributed by atoms with Gasteiger partial charge in [0, 0.05) is 29.1 Å². The SMILES string of the molecule is CCNc1ccccc1Sc1ccc(OC)cc1C(=O)NC. The highest BCUT2D eigenvalue weighted by molar-refractivity contribution is 7.99. The Balaban J connectivity index is 2.39. The minimum atomic E-state index is -0.123. The van der Waals surface area contributed by atoms with Gasteiger partial charge in [0.25, 0.3) is 5.91 Å². The predicted octanol–water partition coefficient (Wildman–Crippen LogP) is 3.64. The van der Waals surface area contributed by atoms with Crippen LogP contribution in [0.5, 0.6) is 5.75 Å². The van der Waals surface area contributed by atoms with Gasteiger partial charge >= 0.3 is 0 Å². The van der Waals surface area contributed by atoms with Crippen LogP contribution in [0.15, 0.2) is 52.3 Å². The quantitative estimate of drug-likeness (QED) is 0.854. The Morgan fingerprint density at radius 1 is 1.18 bits per heavy atom. The fraction of sp³-hybridized carbons (Fsp3) is 0.235. The number of benzene rings is 2. The Morgan fingerprint density at radius 3 is 2.64 bits per heavy atom. The number of hydrogen-bond acceptors (Lipinski definition) is 4. The number of ether oxygens (including phenoxy) is 1. The third-order valence-corrected chi connectivity index (χ3v) is 4.28. The normalized spacial score (nSPS) is 10.1. The minimum absolute atomic E-state index is 0.123. The van der Waals surface area contributed by atoms with Crippen molar-refractivity contribution in [2.24, 2.45) is 0 Å². The maximum absolute atomic E-state index is 12.1. The molecule has 0 heterocycles. The van der Waals surface area contributed by atoms with Crippen molar-refractivity contribution in [2.75, 3.05) is 26.0 Å². The van der Waals surface area contributed by atoms with E-state index in [2.05, 4.69) is 17.6 Å². The molecule has 22 heavy (non-hydrogen) atoms. The maximum Gasteiger partial charge on any atom is 0.252 e. The van der Waals surface area contributed by atoms with E-state index in [0.717, 1.165) is 22.0 Å². The average molecular weight is 316 g/mol. The number of nitrogens with one attached hydrogen (secondary N) is 2. The zero-order chi connectivity index (χ0) is 15.9. The molecule has 2 aromatic rings. The number of carbonyl (C=O) groups excluding carboxylic acids is 1. The van der Waals surface area contributed by atoms with Crippen LogP contribution < -0.4 is 15.4 Å². The smallest absolute Gasteiger partial charge is 0.252 e. The number of para-hydroxylation sites is 1. The molecule has 0 aliphatic rings. The Bertz CT molecular complexity index is 659. The number of anilines is 1. The van der Waals surface area contributed by atoms with Crippen molar-refractivity contribution in [1.29, 1.82) is 0 Å². The van der Waals surface area contributed by atoms with Crippen LogP contribution in [0.25, 0.3) is 0 Å². The van der Waals surface area contributed by atoms with Crippen LogP contribution in [0.2, 0.25) is 0 Å². The summed E-state index contributed by atoms with van der Waals surface area (Å²) in [6.45, 7) is 2.91. The summed E-state index contributed by atoms with van der Waals surface area (Å²) in [5.41, 5.74) is 1.67. The third kappa shape index (κ3) is 3.74. The lowest BCUT2D eigenvalue weighted by molar-refractivity contribution is 0.0960. The van der Waals surface area contributed by atoms with Crippen molar-refractivity contribution >= 4 is 23.4 Å². The molecule has 2 N–H and O–H groups in total. The van der Waals surface area contributed by atoms with Gasteiger partial charge in [-0.2, -0.15) is 0 Å². The zero-order valence-corrected chi connectivity index (χ0v) is 13.8. The van der Waals surface area contributed by atoms with Crippen molar-refractivity contribution in [2.45, 2.75) is 16.7 Å². The van der Waals surface area contributed by atoms with Gasteiger partial charge in [0.15, 0.2) is 0 Å². The summed E-state index contributed by atoms with van der Waals surface area (Å²) < 4.78 is 5.22. The van der Waals surface area contributed by atoms with Crippen molar-refractivity contribution in [1.82, 2.24) is 5.32 Å².